The van der Waals surface area contributed by atoms with Crippen molar-refractivity contribution >= 4 is 11.8 Å². The van der Waals surface area contributed by atoms with Crippen LogP contribution in [0.3, 0.4) is 0 Å². The first-order valence-corrected chi connectivity index (χ1v) is 9.85. The van der Waals surface area contributed by atoms with Gasteiger partial charge in [0, 0.05) is 17.2 Å². The molecule has 0 aliphatic heterocycles. The minimum Gasteiger partial charge on any atom is -0.366 e. The van der Waals surface area contributed by atoms with Gasteiger partial charge in [0.05, 0.1) is 11.5 Å². The third-order valence-corrected chi connectivity index (χ3v) is 5.46. The lowest BCUT2D eigenvalue weighted by atomic mass is 9.85. The highest BCUT2D eigenvalue weighted by Crippen LogP contribution is 2.39. The predicted molar refractivity (Wildman–Crippen MR) is 103 cm³/mol. The Hall–Kier alpha value is -2.97. The first-order valence-electron chi connectivity index (χ1n) is 9.85. The second-order valence-corrected chi connectivity index (χ2v) is 7.58. The second kappa shape index (κ2) is 9.03. The van der Waals surface area contributed by atoms with Gasteiger partial charge in [-0.1, -0.05) is 37.5 Å². The van der Waals surface area contributed by atoms with Gasteiger partial charge in [-0.25, -0.2) is 8.78 Å². The fourth-order valence-corrected chi connectivity index (χ4v) is 3.93. The number of hydrogen-bond acceptors (Lipinski definition) is 2. The molecule has 0 saturated heterocycles. The lowest BCUT2D eigenvalue weighted by Crippen LogP contribution is -2.40. The van der Waals surface area contributed by atoms with Crippen molar-refractivity contribution in [1.82, 2.24) is 5.32 Å². The normalized spacial score (nSPS) is 16.0. The smallest absolute Gasteiger partial charge is 0.366 e. The lowest BCUT2D eigenvalue weighted by molar-refractivity contribution is -0.138. The van der Waals surface area contributed by atoms with E-state index in [-0.39, 0.29) is 6.04 Å². The molecule has 0 radical (unpaired) electrons. The fraction of sp³-hybridized carbons (Fsp3) is 0.364. The summed E-state index contributed by atoms with van der Waals surface area (Å²) in [6, 6.07) is 5.22. The minimum absolute atomic E-state index is 0.264. The van der Waals surface area contributed by atoms with E-state index in [2.05, 4.69) is 5.32 Å². The maximum Gasteiger partial charge on any atom is 0.416 e. The van der Waals surface area contributed by atoms with Crippen molar-refractivity contribution in [3.8, 4) is 0 Å². The van der Waals surface area contributed by atoms with Crippen molar-refractivity contribution in [2.75, 3.05) is 0 Å². The largest absolute Gasteiger partial charge is 0.416 e. The molecule has 1 aliphatic carbocycles. The molecular weight excluding hydrogens is 419 g/mol. The van der Waals surface area contributed by atoms with E-state index in [1.54, 1.807) is 0 Å². The molecule has 2 aromatic carbocycles. The number of nitrogens with two attached hydrogens (primary N) is 1. The number of benzene rings is 2. The molecule has 31 heavy (non-hydrogen) atoms. The summed E-state index contributed by atoms with van der Waals surface area (Å²) in [7, 11) is 0. The van der Waals surface area contributed by atoms with Crippen LogP contribution in [0, 0.1) is 11.6 Å². The van der Waals surface area contributed by atoms with E-state index in [9.17, 15) is 31.5 Å². The van der Waals surface area contributed by atoms with Gasteiger partial charge in [-0.15, -0.1) is 0 Å². The van der Waals surface area contributed by atoms with E-state index >= 15 is 0 Å². The quantitative estimate of drug-likeness (QED) is 0.664. The number of alkyl halides is 3. The summed E-state index contributed by atoms with van der Waals surface area (Å²) >= 11 is 0. The number of primary amides is 1. The predicted octanol–water partition coefficient (Wildman–Crippen LogP) is 4.66. The summed E-state index contributed by atoms with van der Waals surface area (Å²) in [5, 5.41) is 2.69. The second-order valence-electron chi connectivity index (χ2n) is 7.58. The highest BCUT2D eigenvalue weighted by molar-refractivity contribution is 5.94. The Labute approximate surface area is 175 Å². The fourth-order valence-electron chi connectivity index (χ4n) is 3.93. The number of nitrogens with one attached hydrogen (secondary N) is 1. The molecule has 0 heterocycles. The zero-order valence-corrected chi connectivity index (χ0v) is 16.4. The average Bonchev–Trinajstić information content (AvgIpc) is 2.71. The zero-order valence-electron chi connectivity index (χ0n) is 16.4. The summed E-state index contributed by atoms with van der Waals surface area (Å²) < 4.78 is 69.9. The van der Waals surface area contributed by atoms with Gasteiger partial charge in [0.15, 0.2) is 11.6 Å². The molecule has 0 aromatic heterocycles. The molecule has 4 nitrogen and oxygen atoms in total. The monoisotopic (exact) mass is 440 g/mol. The first-order chi connectivity index (χ1) is 14.6. The first kappa shape index (κ1) is 22.7. The standard InChI is InChI=1S/C22H21F5N2O2/c23-17-8-4-7-15(19(17)24)18(21(31)29-13-5-2-1-3-6-13)14-10-9-12(20(28)30)11-16(14)22(25,26)27/h4,7-11,13,18H,1-3,5-6H2,(H2,28,30)(H,29,31). The molecule has 1 fully saturated rings. The number of hydrogen-bond donors (Lipinski definition) is 2. The Morgan fingerprint density at radius 2 is 1.68 bits per heavy atom. The summed E-state index contributed by atoms with van der Waals surface area (Å²) in [5.74, 6) is -6.41. The van der Waals surface area contributed by atoms with Crippen LogP contribution in [-0.4, -0.2) is 17.9 Å². The van der Waals surface area contributed by atoms with E-state index in [0.717, 1.165) is 49.6 Å². The Kier molecular flexibility index (Phi) is 6.62. The maximum atomic E-state index is 14.6. The van der Waals surface area contributed by atoms with Gasteiger partial charge in [-0.05, 0) is 36.6 Å². The lowest BCUT2D eigenvalue weighted by Gasteiger charge is -2.27. The molecule has 9 heteroatoms. The molecule has 0 bridgehead atoms. The van der Waals surface area contributed by atoms with Gasteiger partial charge in [0.1, 0.15) is 0 Å². The molecule has 3 N–H and O–H groups in total. The van der Waals surface area contributed by atoms with E-state index in [1.807, 2.05) is 0 Å². The minimum atomic E-state index is -4.96. The molecule has 2 aromatic rings. The van der Waals surface area contributed by atoms with Gasteiger partial charge in [0.2, 0.25) is 11.8 Å². The van der Waals surface area contributed by atoms with E-state index in [4.69, 9.17) is 5.73 Å². The molecule has 1 aliphatic rings. The highest BCUT2D eigenvalue weighted by atomic mass is 19.4. The van der Waals surface area contributed by atoms with Crippen molar-refractivity contribution in [2.45, 2.75) is 50.2 Å². The van der Waals surface area contributed by atoms with Crippen molar-refractivity contribution in [2.24, 2.45) is 5.73 Å². The molecule has 1 atom stereocenters. The van der Waals surface area contributed by atoms with Crippen LogP contribution >= 0.6 is 0 Å². The number of rotatable bonds is 5. The van der Waals surface area contributed by atoms with Crippen LogP contribution in [0.5, 0.6) is 0 Å². The van der Waals surface area contributed by atoms with Crippen LogP contribution in [0.25, 0.3) is 0 Å². The summed E-state index contributed by atoms with van der Waals surface area (Å²) in [4.78, 5) is 24.5. The molecule has 2 amide bonds. The Balaban J connectivity index is 2.15. The summed E-state index contributed by atoms with van der Waals surface area (Å²) in [5.41, 5.74) is 2.26. The van der Waals surface area contributed by atoms with Crippen molar-refractivity contribution in [3.05, 3.63) is 70.3 Å². The van der Waals surface area contributed by atoms with Gasteiger partial charge in [-0.2, -0.15) is 13.2 Å². The Morgan fingerprint density at radius 1 is 1.00 bits per heavy atom. The van der Waals surface area contributed by atoms with Crippen LogP contribution in [0.4, 0.5) is 22.0 Å². The third kappa shape index (κ3) is 5.03. The number of amides is 2. The van der Waals surface area contributed by atoms with Gasteiger partial charge in [-0.3, -0.25) is 9.59 Å². The van der Waals surface area contributed by atoms with Crippen LogP contribution in [0.1, 0.15) is 65.1 Å². The number of halogens is 5. The SMILES string of the molecule is NC(=O)c1ccc(C(C(=O)NC2CCCCC2)c2cccc(F)c2F)c(C(F)(F)F)c1. The van der Waals surface area contributed by atoms with E-state index < -0.39 is 57.8 Å². The summed E-state index contributed by atoms with van der Waals surface area (Å²) in [6.45, 7) is 0. The topological polar surface area (TPSA) is 72.2 Å². The van der Waals surface area contributed by atoms with Crippen LogP contribution in [-0.2, 0) is 11.0 Å². The third-order valence-electron chi connectivity index (χ3n) is 5.46. The number of carbonyl (C=O) groups excluding carboxylic acids is 2. The van der Waals surface area contributed by atoms with Crippen molar-refractivity contribution in [3.63, 3.8) is 0 Å². The van der Waals surface area contributed by atoms with E-state index in [1.165, 1.54) is 0 Å². The van der Waals surface area contributed by atoms with Gasteiger partial charge in [0.25, 0.3) is 0 Å². The number of carbonyl (C=O) groups is 2. The summed E-state index contributed by atoms with van der Waals surface area (Å²) in [6.07, 6.45) is -0.973. The maximum absolute atomic E-state index is 14.6. The van der Waals surface area contributed by atoms with Crippen LogP contribution < -0.4 is 11.1 Å². The Morgan fingerprint density at radius 3 is 2.29 bits per heavy atom. The molecular formula is C22H21F5N2O2. The highest BCUT2D eigenvalue weighted by Gasteiger charge is 2.39. The molecule has 3 rings (SSSR count). The van der Waals surface area contributed by atoms with E-state index in [0.29, 0.717) is 18.9 Å². The molecule has 1 unspecified atom stereocenters. The van der Waals surface area contributed by atoms with Crippen molar-refractivity contribution < 1.29 is 31.5 Å². The molecule has 166 valence electrons. The Bertz CT molecular complexity index is 984. The van der Waals surface area contributed by atoms with Crippen LogP contribution in [0.2, 0.25) is 0 Å². The van der Waals surface area contributed by atoms with Crippen molar-refractivity contribution in [1.29, 1.82) is 0 Å². The zero-order chi connectivity index (χ0) is 22.8. The average molecular weight is 440 g/mol. The van der Waals surface area contributed by atoms with Gasteiger partial charge >= 0.3 is 6.18 Å². The molecule has 0 spiro atoms. The molecule has 1 saturated carbocycles. The van der Waals surface area contributed by atoms with Crippen LogP contribution in [0.15, 0.2) is 36.4 Å². The van der Waals surface area contributed by atoms with Gasteiger partial charge < -0.3 is 11.1 Å².